The Morgan fingerprint density at radius 1 is 1.12 bits per heavy atom. The summed E-state index contributed by atoms with van der Waals surface area (Å²) >= 11 is 0. The molecule has 0 aliphatic heterocycles. The standard InChI is InChI=1S/C14H11FO2/c1-10-5-2-3-8-13(10)17-14(16)11-6-4-7-12(15)9-11/h2-9H,1H3. The molecule has 0 amide bonds. The summed E-state index contributed by atoms with van der Waals surface area (Å²) in [6.07, 6.45) is 0. The van der Waals surface area contributed by atoms with Crippen LogP contribution in [0.4, 0.5) is 4.39 Å². The van der Waals surface area contributed by atoms with Crippen molar-refractivity contribution in [3.63, 3.8) is 0 Å². The highest BCUT2D eigenvalue weighted by Gasteiger charge is 2.10. The van der Waals surface area contributed by atoms with Crippen LogP contribution in [-0.2, 0) is 0 Å². The lowest BCUT2D eigenvalue weighted by molar-refractivity contribution is 0.0733. The predicted octanol–water partition coefficient (Wildman–Crippen LogP) is 3.35. The maximum Gasteiger partial charge on any atom is 0.343 e. The van der Waals surface area contributed by atoms with Crippen LogP contribution in [0.3, 0.4) is 0 Å². The lowest BCUT2D eigenvalue weighted by Crippen LogP contribution is -2.09. The molecule has 17 heavy (non-hydrogen) atoms. The van der Waals surface area contributed by atoms with Gasteiger partial charge in [0.15, 0.2) is 0 Å². The molecular weight excluding hydrogens is 219 g/mol. The average Bonchev–Trinajstić information content (AvgIpc) is 2.32. The molecule has 0 aliphatic rings. The summed E-state index contributed by atoms with van der Waals surface area (Å²) in [5, 5.41) is 0. The summed E-state index contributed by atoms with van der Waals surface area (Å²) in [4.78, 5) is 11.7. The van der Waals surface area contributed by atoms with Gasteiger partial charge in [0.05, 0.1) is 5.56 Å². The molecule has 0 bridgehead atoms. The van der Waals surface area contributed by atoms with Crippen LogP contribution in [0.1, 0.15) is 15.9 Å². The third-order valence-corrected chi connectivity index (χ3v) is 2.36. The lowest BCUT2D eigenvalue weighted by Gasteiger charge is -2.06. The number of hydrogen-bond acceptors (Lipinski definition) is 2. The number of carbonyl (C=O) groups excluding carboxylic acids is 1. The van der Waals surface area contributed by atoms with Crippen LogP contribution in [0.5, 0.6) is 5.75 Å². The molecule has 0 atom stereocenters. The van der Waals surface area contributed by atoms with Crippen LogP contribution in [0, 0.1) is 12.7 Å². The second-order valence-corrected chi connectivity index (χ2v) is 3.67. The summed E-state index contributed by atoms with van der Waals surface area (Å²) < 4.78 is 18.1. The number of carbonyl (C=O) groups is 1. The average molecular weight is 230 g/mol. The Balaban J connectivity index is 2.20. The number of ether oxygens (including phenoxy) is 1. The van der Waals surface area contributed by atoms with E-state index in [1.165, 1.54) is 18.2 Å². The molecule has 0 aliphatic carbocycles. The number of rotatable bonds is 2. The smallest absolute Gasteiger partial charge is 0.343 e. The van der Waals surface area contributed by atoms with E-state index in [1.807, 2.05) is 19.1 Å². The summed E-state index contributed by atoms with van der Waals surface area (Å²) in [6, 6.07) is 12.6. The van der Waals surface area contributed by atoms with Gasteiger partial charge in [-0.2, -0.15) is 0 Å². The Hall–Kier alpha value is -2.16. The van der Waals surface area contributed by atoms with Crippen molar-refractivity contribution in [3.8, 4) is 5.75 Å². The molecule has 2 aromatic rings. The number of aryl methyl sites for hydroxylation is 1. The van der Waals surface area contributed by atoms with Crippen molar-refractivity contribution in [3.05, 3.63) is 65.5 Å². The van der Waals surface area contributed by atoms with Gasteiger partial charge in [-0.15, -0.1) is 0 Å². The van der Waals surface area contributed by atoms with E-state index in [9.17, 15) is 9.18 Å². The van der Waals surface area contributed by atoms with Crippen LogP contribution < -0.4 is 4.74 Å². The number of benzene rings is 2. The highest BCUT2D eigenvalue weighted by atomic mass is 19.1. The number of para-hydroxylation sites is 1. The molecular formula is C14H11FO2. The topological polar surface area (TPSA) is 26.3 Å². The molecule has 0 aromatic heterocycles. The number of halogens is 1. The molecule has 0 spiro atoms. The largest absolute Gasteiger partial charge is 0.423 e. The predicted molar refractivity (Wildman–Crippen MR) is 62.5 cm³/mol. The Kier molecular flexibility index (Phi) is 3.19. The van der Waals surface area contributed by atoms with Gasteiger partial charge in [0, 0.05) is 0 Å². The number of hydrogen-bond donors (Lipinski definition) is 0. The minimum atomic E-state index is -0.557. The van der Waals surface area contributed by atoms with E-state index < -0.39 is 11.8 Å². The van der Waals surface area contributed by atoms with Gasteiger partial charge in [0.25, 0.3) is 0 Å². The first-order valence-electron chi connectivity index (χ1n) is 5.20. The van der Waals surface area contributed by atoms with E-state index in [1.54, 1.807) is 12.1 Å². The Labute approximate surface area is 98.7 Å². The Morgan fingerprint density at radius 2 is 1.88 bits per heavy atom. The van der Waals surface area contributed by atoms with Crippen molar-refractivity contribution >= 4 is 5.97 Å². The second-order valence-electron chi connectivity index (χ2n) is 3.67. The first kappa shape index (κ1) is 11.3. The molecule has 2 nitrogen and oxygen atoms in total. The van der Waals surface area contributed by atoms with Gasteiger partial charge in [-0.1, -0.05) is 24.3 Å². The molecule has 2 rings (SSSR count). The fraction of sp³-hybridized carbons (Fsp3) is 0.0714. The van der Waals surface area contributed by atoms with Crippen LogP contribution in [-0.4, -0.2) is 5.97 Å². The molecule has 0 heterocycles. The van der Waals surface area contributed by atoms with Gasteiger partial charge in [0.2, 0.25) is 0 Å². The second kappa shape index (κ2) is 4.78. The lowest BCUT2D eigenvalue weighted by atomic mass is 10.2. The van der Waals surface area contributed by atoms with Crippen molar-refractivity contribution in [1.82, 2.24) is 0 Å². The Morgan fingerprint density at radius 3 is 2.59 bits per heavy atom. The fourth-order valence-electron chi connectivity index (χ4n) is 1.45. The van der Waals surface area contributed by atoms with Gasteiger partial charge in [-0.05, 0) is 36.8 Å². The molecule has 0 N–H and O–H groups in total. The zero-order chi connectivity index (χ0) is 12.3. The van der Waals surface area contributed by atoms with Gasteiger partial charge in [0.1, 0.15) is 11.6 Å². The summed E-state index contributed by atoms with van der Waals surface area (Å²) in [5.41, 5.74) is 1.06. The third-order valence-electron chi connectivity index (χ3n) is 2.36. The van der Waals surface area contributed by atoms with Gasteiger partial charge in [-0.3, -0.25) is 0 Å². The van der Waals surface area contributed by atoms with E-state index in [2.05, 4.69) is 0 Å². The minimum Gasteiger partial charge on any atom is -0.423 e. The molecule has 86 valence electrons. The third kappa shape index (κ3) is 2.69. The van der Waals surface area contributed by atoms with Crippen molar-refractivity contribution in [2.75, 3.05) is 0 Å². The van der Waals surface area contributed by atoms with E-state index in [0.29, 0.717) is 5.75 Å². The van der Waals surface area contributed by atoms with Crippen LogP contribution in [0.25, 0.3) is 0 Å². The van der Waals surface area contributed by atoms with Gasteiger partial charge in [-0.25, -0.2) is 9.18 Å². The first-order valence-corrected chi connectivity index (χ1v) is 5.20. The molecule has 0 saturated heterocycles. The van der Waals surface area contributed by atoms with E-state index in [4.69, 9.17) is 4.74 Å². The van der Waals surface area contributed by atoms with Crippen molar-refractivity contribution in [1.29, 1.82) is 0 Å². The van der Waals surface area contributed by atoms with E-state index >= 15 is 0 Å². The normalized spacial score (nSPS) is 10.0. The molecule has 3 heteroatoms. The fourth-order valence-corrected chi connectivity index (χ4v) is 1.45. The van der Waals surface area contributed by atoms with E-state index in [-0.39, 0.29) is 5.56 Å². The Bertz CT molecular complexity index is 549. The minimum absolute atomic E-state index is 0.202. The zero-order valence-corrected chi connectivity index (χ0v) is 9.31. The summed E-state index contributed by atoms with van der Waals surface area (Å²) in [7, 11) is 0. The zero-order valence-electron chi connectivity index (χ0n) is 9.31. The highest BCUT2D eigenvalue weighted by molar-refractivity contribution is 5.91. The van der Waals surface area contributed by atoms with Crippen molar-refractivity contribution < 1.29 is 13.9 Å². The monoisotopic (exact) mass is 230 g/mol. The van der Waals surface area contributed by atoms with Crippen molar-refractivity contribution in [2.45, 2.75) is 6.92 Å². The summed E-state index contributed by atoms with van der Waals surface area (Å²) in [6.45, 7) is 1.84. The van der Waals surface area contributed by atoms with E-state index in [0.717, 1.165) is 11.6 Å². The maximum atomic E-state index is 12.9. The summed E-state index contributed by atoms with van der Waals surface area (Å²) in [5.74, 6) is -0.523. The van der Waals surface area contributed by atoms with Crippen LogP contribution in [0.15, 0.2) is 48.5 Å². The molecule has 0 unspecified atom stereocenters. The molecule has 2 aromatic carbocycles. The van der Waals surface area contributed by atoms with Crippen LogP contribution in [0.2, 0.25) is 0 Å². The van der Waals surface area contributed by atoms with Gasteiger partial charge < -0.3 is 4.74 Å². The quantitative estimate of drug-likeness (QED) is 0.584. The SMILES string of the molecule is Cc1ccccc1OC(=O)c1cccc(F)c1. The molecule has 0 saturated carbocycles. The maximum absolute atomic E-state index is 12.9. The number of esters is 1. The molecule has 0 fully saturated rings. The van der Waals surface area contributed by atoms with Crippen LogP contribution >= 0.6 is 0 Å². The molecule has 0 radical (unpaired) electrons. The van der Waals surface area contributed by atoms with Crippen molar-refractivity contribution in [2.24, 2.45) is 0 Å². The highest BCUT2D eigenvalue weighted by Crippen LogP contribution is 2.18. The van der Waals surface area contributed by atoms with Gasteiger partial charge >= 0.3 is 5.97 Å². The first-order chi connectivity index (χ1) is 8.16.